The van der Waals surface area contributed by atoms with Crippen LogP contribution in [0.15, 0.2) is 23.1 Å². The van der Waals surface area contributed by atoms with E-state index in [2.05, 4.69) is 4.72 Å². The molecular weight excluding hydrogens is 271 g/mol. The molecule has 1 rings (SSSR count). The molecule has 0 aliphatic rings. The number of benzene rings is 1. The summed E-state index contributed by atoms with van der Waals surface area (Å²) in [4.78, 5) is -0.258. The molecule has 1 aromatic carbocycles. The molecule has 0 aliphatic carbocycles. The quantitative estimate of drug-likeness (QED) is 0.656. The van der Waals surface area contributed by atoms with E-state index in [0.29, 0.717) is 6.42 Å². The predicted molar refractivity (Wildman–Crippen MR) is 71.5 cm³/mol. The lowest BCUT2D eigenvalue weighted by Gasteiger charge is -2.15. The molecule has 4 N–H and O–H groups in total. The van der Waals surface area contributed by atoms with Crippen molar-refractivity contribution in [3.63, 3.8) is 0 Å². The first-order valence-electron chi connectivity index (χ1n) is 6.06. The van der Waals surface area contributed by atoms with Gasteiger partial charge in [-0.25, -0.2) is 17.5 Å². The van der Waals surface area contributed by atoms with E-state index < -0.39 is 15.8 Å². The van der Waals surface area contributed by atoms with Crippen molar-refractivity contribution >= 4 is 15.7 Å². The average molecular weight is 290 g/mol. The van der Waals surface area contributed by atoms with Crippen LogP contribution in [0, 0.1) is 11.7 Å². The standard InChI is InChI=1S/C12H19FN2O3S/c1-2-9(5-6-16)8-15-19(17,18)12-7-10(13)3-4-11(12)14/h3-4,7,9,15-16H,2,5-6,8,14H2,1H3. The largest absolute Gasteiger partial charge is 0.398 e. The van der Waals surface area contributed by atoms with Gasteiger partial charge in [0.2, 0.25) is 10.0 Å². The predicted octanol–water partition coefficient (Wildman–Crippen LogP) is 1.09. The van der Waals surface area contributed by atoms with Crippen LogP contribution in [-0.4, -0.2) is 26.7 Å². The summed E-state index contributed by atoms with van der Waals surface area (Å²) in [6.45, 7) is 2.10. The van der Waals surface area contributed by atoms with Gasteiger partial charge in [-0.15, -0.1) is 0 Å². The van der Waals surface area contributed by atoms with Gasteiger partial charge in [0.1, 0.15) is 10.7 Å². The van der Waals surface area contributed by atoms with E-state index in [1.54, 1.807) is 0 Å². The van der Waals surface area contributed by atoms with Crippen LogP contribution in [-0.2, 0) is 10.0 Å². The molecule has 19 heavy (non-hydrogen) atoms. The van der Waals surface area contributed by atoms with Crippen LogP contribution < -0.4 is 10.5 Å². The topological polar surface area (TPSA) is 92.4 Å². The maximum absolute atomic E-state index is 13.1. The fourth-order valence-electron chi connectivity index (χ4n) is 1.68. The summed E-state index contributed by atoms with van der Waals surface area (Å²) in [6, 6.07) is 3.22. The molecule has 1 atom stereocenters. The number of halogens is 1. The SMILES string of the molecule is CCC(CCO)CNS(=O)(=O)c1cc(F)ccc1N. The Hall–Kier alpha value is -1.18. The third-order valence-electron chi connectivity index (χ3n) is 2.94. The van der Waals surface area contributed by atoms with E-state index in [-0.39, 0.29) is 29.7 Å². The molecule has 0 aromatic heterocycles. The monoisotopic (exact) mass is 290 g/mol. The Bertz CT molecular complexity index is 520. The zero-order chi connectivity index (χ0) is 14.5. The van der Waals surface area contributed by atoms with E-state index >= 15 is 0 Å². The summed E-state index contributed by atoms with van der Waals surface area (Å²) in [6.07, 6.45) is 1.25. The van der Waals surface area contributed by atoms with E-state index in [0.717, 1.165) is 18.6 Å². The lowest BCUT2D eigenvalue weighted by Crippen LogP contribution is -2.30. The molecule has 0 heterocycles. The Balaban J connectivity index is 2.83. The van der Waals surface area contributed by atoms with Crippen molar-refractivity contribution in [2.75, 3.05) is 18.9 Å². The summed E-state index contributed by atoms with van der Waals surface area (Å²) in [5.41, 5.74) is 5.55. The second-order valence-corrected chi connectivity index (χ2v) is 6.06. The summed E-state index contributed by atoms with van der Waals surface area (Å²) >= 11 is 0. The summed E-state index contributed by atoms with van der Waals surface area (Å²) < 4.78 is 39.5. The lowest BCUT2D eigenvalue weighted by molar-refractivity contribution is 0.254. The number of nitrogens with two attached hydrogens (primary N) is 1. The Kier molecular flexibility index (Phi) is 5.71. The number of nitrogens with one attached hydrogen (secondary N) is 1. The number of sulfonamides is 1. The van der Waals surface area contributed by atoms with Crippen LogP contribution in [0.3, 0.4) is 0 Å². The van der Waals surface area contributed by atoms with Crippen molar-refractivity contribution in [2.24, 2.45) is 5.92 Å². The number of rotatable bonds is 7. The highest BCUT2D eigenvalue weighted by atomic mass is 32.2. The van der Waals surface area contributed by atoms with Gasteiger partial charge in [-0.05, 0) is 30.5 Å². The van der Waals surface area contributed by atoms with Crippen LogP contribution in [0.2, 0.25) is 0 Å². The smallest absolute Gasteiger partial charge is 0.242 e. The molecular formula is C12H19FN2O3S. The highest BCUT2D eigenvalue weighted by molar-refractivity contribution is 7.89. The average Bonchev–Trinajstić information content (AvgIpc) is 2.37. The second-order valence-electron chi connectivity index (χ2n) is 4.32. The number of hydrogen-bond donors (Lipinski definition) is 3. The first-order valence-corrected chi connectivity index (χ1v) is 7.54. The molecule has 1 aromatic rings. The van der Waals surface area contributed by atoms with Crippen molar-refractivity contribution < 1.29 is 17.9 Å². The minimum absolute atomic E-state index is 0.00232. The fourth-order valence-corrected chi connectivity index (χ4v) is 2.94. The molecule has 1 unspecified atom stereocenters. The number of anilines is 1. The molecule has 7 heteroatoms. The maximum atomic E-state index is 13.1. The van der Waals surface area contributed by atoms with Gasteiger partial charge in [0.05, 0.1) is 5.69 Å². The summed E-state index contributed by atoms with van der Waals surface area (Å²) in [7, 11) is -3.83. The van der Waals surface area contributed by atoms with E-state index in [9.17, 15) is 12.8 Å². The number of hydrogen-bond acceptors (Lipinski definition) is 4. The van der Waals surface area contributed by atoms with Crippen molar-refractivity contribution in [1.82, 2.24) is 4.72 Å². The van der Waals surface area contributed by atoms with Crippen LogP contribution in [0.5, 0.6) is 0 Å². The van der Waals surface area contributed by atoms with Gasteiger partial charge in [-0.2, -0.15) is 0 Å². The van der Waals surface area contributed by atoms with Crippen molar-refractivity contribution in [3.05, 3.63) is 24.0 Å². The number of aliphatic hydroxyl groups is 1. The first-order chi connectivity index (χ1) is 8.90. The molecule has 108 valence electrons. The highest BCUT2D eigenvalue weighted by Gasteiger charge is 2.19. The Labute approximate surface area is 112 Å². The highest BCUT2D eigenvalue weighted by Crippen LogP contribution is 2.19. The molecule has 0 fully saturated rings. The van der Waals surface area contributed by atoms with Gasteiger partial charge in [0, 0.05) is 13.2 Å². The van der Waals surface area contributed by atoms with E-state index in [4.69, 9.17) is 10.8 Å². The number of aliphatic hydroxyl groups excluding tert-OH is 1. The maximum Gasteiger partial charge on any atom is 0.242 e. The molecule has 5 nitrogen and oxygen atoms in total. The second kappa shape index (κ2) is 6.83. The van der Waals surface area contributed by atoms with Gasteiger partial charge < -0.3 is 10.8 Å². The third kappa shape index (κ3) is 4.45. The third-order valence-corrected chi connectivity index (χ3v) is 4.42. The minimum Gasteiger partial charge on any atom is -0.398 e. The summed E-state index contributed by atoms with van der Waals surface area (Å²) in [5.74, 6) is -0.619. The van der Waals surface area contributed by atoms with Gasteiger partial charge >= 0.3 is 0 Å². The van der Waals surface area contributed by atoms with Gasteiger partial charge in [0.25, 0.3) is 0 Å². The van der Waals surface area contributed by atoms with Crippen molar-refractivity contribution in [3.8, 4) is 0 Å². The van der Waals surface area contributed by atoms with Crippen molar-refractivity contribution in [1.29, 1.82) is 0 Å². The Morgan fingerprint density at radius 2 is 2.16 bits per heavy atom. The molecule has 0 spiro atoms. The van der Waals surface area contributed by atoms with E-state index in [1.165, 1.54) is 6.07 Å². The Morgan fingerprint density at radius 3 is 2.74 bits per heavy atom. The molecule has 0 saturated carbocycles. The van der Waals surface area contributed by atoms with Crippen LogP contribution in [0.4, 0.5) is 10.1 Å². The molecule has 0 radical (unpaired) electrons. The van der Waals surface area contributed by atoms with Crippen molar-refractivity contribution in [2.45, 2.75) is 24.7 Å². The zero-order valence-electron chi connectivity index (χ0n) is 10.8. The van der Waals surface area contributed by atoms with E-state index in [1.807, 2.05) is 6.92 Å². The zero-order valence-corrected chi connectivity index (χ0v) is 11.6. The normalized spacial score (nSPS) is 13.4. The molecule has 0 saturated heterocycles. The van der Waals surface area contributed by atoms with Crippen LogP contribution in [0.25, 0.3) is 0 Å². The van der Waals surface area contributed by atoms with Gasteiger partial charge in [-0.3, -0.25) is 0 Å². The Morgan fingerprint density at radius 1 is 1.47 bits per heavy atom. The number of nitrogen functional groups attached to an aromatic ring is 1. The molecule has 0 bridgehead atoms. The van der Waals surface area contributed by atoms with Gasteiger partial charge in [0.15, 0.2) is 0 Å². The molecule has 0 amide bonds. The first kappa shape index (κ1) is 15.9. The molecule has 0 aliphatic heterocycles. The van der Waals surface area contributed by atoms with Crippen LogP contribution >= 0.6 is 0 Å². The van der Waals surface area contributed by atoms with Gasteiger partial charge in [-0.1, -0.05) is 13.3 Å². The summed E-state index contributed by atoms with van der Waals surface area (Å²) in [5, 5.41) is 8.85. The van der Waals surface area contributed by atoms with Crippen LogP contribution in [0.1, 0.15) is 19.8 Å². The lowest BCUT2D eigenvalue weighted by atomic mass is 10.0. The minimum atomic E-state index is -3.83. The fraction of sp³-hybridized carbons (Fsp3) is 0.500.